The normalized spacial score (nSPS) is 16.8. The lowest BCUT2D eigenvalue weighted by Gasteiger charge is -2.27. The molecule has 0 aromatic rings. The van der Waals surface area contributed by atoms with E-state index in [1.54, 1.807) is 0 Å². The Morgan fingerprint density at radius 1 is 1.16 bits per heavy atom. The first kappa shape index (κ1) is 16.4. The summed E-state index contributed by atoms with van der Waals surface area (Å²) in [5.74, 6) is 0.312. The Kier molecular flexibility index (Phi) is 7.34. The molecule has 1 aliphatic rings. The van der Waals surface area contributed by atoms with Crippen LogP contribution < -0.4 is 5.73 Å². The van der Waals surface area contributed by atoms with E-state index >= 15 is 0 Å². The lowest BCUT2D eigenvalue weighted by atomic mass is 10.0. The highest BCUT2D eigenvalue weighted by Gasteiger charge is 2.44. The second kappa shape index (κ2) is 8.51. The molecular formula is C14H29N3O2. The second-order valence-corrected chi connectivity index (χ2v) is 5.37. The van der Waals surface area contributed by atoms with Crippen LogP contribution in [-0.4, -0.2) is 56.8 Å². The minimum atomic E-state index is 0.254. The number of hydrogen-bond donors (Lipinski definition) is 2. The van der Waals surface area contributed by atoms with E-state index in [1.165, 1.54) is 12.8 Å². The van der Waals surface area contributed by atoms with Crippen molar-refractivity contribution in [2.75, 3.05) is 46.1 Å². The minimum absolute atomic E-state index is 0.254. The van der Waals surface area contributed by atoms with Gasteiger partial charge in [-0.3, -0.25) is 10.3 Å². The molecule has 0 unspecified atom stereocenters. The van der Waals surface area contributed by atoms with Gasteiger partial charge in [-0.1, -0.05) is 0 Å². The zero-order valence-electron chi connectivity index (χ0n) is 12.4. The lowest BCUT2D eigenvalue weighted by molar-refractivity contribution is 0.0739. The van der Waals surface area contributed by atoms with E-state index in [-0.39, 0.29) is 5.41 Å². The van der Waals surface area contributed by atoms with Crippen molar-refractivity contribution in [2.45, 2.75) is 33.1 Å². The molecule has 0 radical (unpaired) electrons. The van der Waals surface area contributed by atoms with E-state index in [9.17, 15) is 0 Å². The average Bonchev–Trinajstić information content (AvgIpc) is 3.08. The fourth-order valence-electron chi connectivity index (χ4n) is 2.39. The van der Waals surface area contributed by atoms with Gasteiger partial charge in [0.25, 0.3) is 0 Å². The molecule has 5 nitrogen and oxygen atoms in total. The van der Waals surface area contributed by atoms with Crippen LogP contribution in [0.2, 0.25) is 0 Å². The molecule has 0 spiro atoms. The van der Waals surface area contributed by atoms with Crippen LogP contribution in [0, 0.1) is 10.8 Å². The molecule has 1 fully saturated rings. The Labute approximate surface area is 116 Å². The summed E-state index contributed by atoms with van der Waals surface area (Å²) in [5, 5.41) is 7.48. The van der Waals surface area contributed by atoms with Crippen LogP contribution in [0.15, 0.2) is 0 Å². The first-order valence-electron chi connectivity index (χ1n) is 7.32. The predicted octanol–water partition coefficient (Wildman–Crippen LogP) is 1.47. The maximum Gasteiger partial charge on any atom is 0.0911 e. The van der Waals surface area contributed by atoms with E-state index in [0.29, 0.717) is 5.84 Å². The van der Waals surface area contributed by atoms with Crippen molar-refractivity contribution in [3.63, 3.8) is 0 Å². The molecule has 5 heteroatoms. The summed E-state index contributed by atoms with van der Waals surface area (Å²) in [7, 11) is 0. The van der Waals surface area contributed by atoms with Crippen LogP contribution in [0.5, 0.6) is 0 Å². The van der Waals surface area contributed by atoms with Gasteiger partial charge >= 0.3 is 0 Å². The Bertz CT molecular complexity index is 257. The standard InChI is InChI=1S/C14H29N3O2/c1-3-18-9-7-17(8-10-19-4-2)12-14(5-6-14)11-13(15)16/h3-12H2,1-2H3,(H3,15,16). The summed E-state index contributed by atoms with van der Waals surface area (Å²) < 4.78 is 10.9. The summed E-state index contributed by atoms with van der Waals surface area (Å²) >= 11 is 0. The van der Waals surface area contributed by atoms with Crippen LogP contribution in [0.4, 0.5) is 0 Å². The van der Waals surface area contributed by atoms with Crippen molar-refractivity contribution >= 4 is 5.84 Å². The first-order chi connectivity index (χ1) is 9.12. The van der Waals surface area contributed by atoms with E-state index in [4.69, 9.17) is 20.6 Å². The maximum atomic E-state index is 7.48. The van der Waals surface area contributed by atoms with Crippen molar-refractivity contribution in [3.8, 4) is 0 Å². The van der Waals surface area contributed by atoms with Gasteiger partial charge in [0.05, 0.1) is 19.0 Å². The van der Waals surface area contributed by atoms with Gasteiger partial charge < -0.3 is 15.2 Å². The van der Waals surface area contributed by atoms with Gasteiger partial charge in [-0.05, 0) is 32.1 Å². The van der Waals surface area contributed by atoms with Crippen molar-refractivity contribution in [1.82, 2.24) is 4.90 Å². The van der Waals surface area contributed by atoms with Gasteiger partial charge in [-0.15, -0.1) is 0 Å². The van der Waals surface area contributed by atoms with Gasteiger partial charge in [-0.2, -0.15) is 0 Å². The van der Waals surface area contributed by atoms with Crippen molar-refractivity contribution < 1.29 is 9.47 Å². The molecule has 0 atom stereocenters. The molecule has 112 valence electrons. The molecule has 1 aliphatic carbocycles. The Balaban J connectivity index is 2.36. The van der Waals surface area contributed by atoms with Crippen LogP contribution in [0.3, 0.4) is 0 Å². The molecule has 1 rings (SSSR count). The third-order valence-corrected chi connectivity index (χ3v) is 3.59. The summed E-state index contributed by atoms with van der Waals surface area (Å²) in [4.78, 5) is 2.39. The van der Waals surface area contributed by atoms with Gasteiger partial charge in [-0.25, -0.2) is 0 Å². The highest BCUT2D eigenvalue weighted by atomic mass is 16.5. The number of nitrogens with zero attached hydrogens (tertiary/aromatic N) is 1. The molecule has 0 aromatic carbocycles. The zero-order chi connectivity index (χ0) is 14.1. The molecule has 3 N–H and O–H groups in total. The number of nitrogens with two attached hydrogens (primary N) is 1. The predicted molar refractivity (Wildman–Crippen MR) is 77.6 cm³/mol. The molecule has 0 saturated heterocycles. The zero-order valence-corrected chi connectivity index (χ0v) is 12.4. The fraction of sp³-hybridized carbons (Fsp3) is 0.929. The molecule has 0 bridgehead atoms. The molecule has 0 aromatic heterocycles. The Morgan fingerprint density at radius 3 is 2.05 bits per heavy atom. The first-order valence-corrected chi connectivity index (χ1v) is 7.32. The SMILES string of the molecule is CCOCCN(CCOCC)CC1(CC(=N)N)CC1. The van der Waals surface area contributed by atoms with Gasteiger partial charge in [0.15, 0.2) is 0 Å². The summed E-state index contributed by atoms with van der Waals surface area (Å²) in [6, 6.07) is 0. The van der Waals surface area contributed by atoms with Crippen LogP contribution in [-0.2, 0) is 9.47 Å². The van der Waals surface area contributed by atoms with Gasteiger partial charge in [0, 0.05) is 39.3 Å². The average molecular weight is 271 g/mol. The van der Waals surface area contributed by atoms with Crippen molar-refractivity contribution in [3.05, 3.63) is 0 Å². The molecule has 0 aliphatic heterocycles. The Morgan fingerprint density at radius 2 is 1.68 bits per heavy atom. The third kappa shape index (κ3) is 6.89. The van der Waals surface area contributed by atoms with Crippen LogP contribution >= 0.6 is 0 Å². The van der Waals surface area contributed by atoms with E-state index in [1.807, 2.05) is 13.8 Å². The molecule has 1 saturated carbocycles. The maximum absolute atomic E-state index is 7.48. The number of rotatable bonds is 12. The number of hydrogen-bond acceptors (Lipinski definition) is 4. The van der Waals surface area contributed by atoms with E-state index in [0.717, 1.165) is 52.5 Å². The van der Waals surface area contributed by atoms with E-state index in [2.05, 4.69) is 4.90 Å². The summed E-state index contributed by atoms with van der Waals surface area (Å²) in [5.41, 5.74) is 5.81. The highest BCUT2D eigenvalue weighted by molar-refractivity contribution is 5.78. The largest absolute Gasteiger partial charge is 0.388 e. The summed E-state index contributed by atoms with van der Waals surface area (Å²) in [6.45, 7) is 9.95. The van der Waals surface area contributed by atoms with Crippen molar-refractivity contribution in [2.24, 2.45) is 11.1 Å². The lowest BCUT2D eigenvalue weighted by Crippen LogP contribution is -2.37. The van der Waals surface area contributed by atoms with E-state index < -0.39 is 0 Å². The Hall–Kier alpha value is -0.650. The quantitative estimate of drug-likeness (QED) is 0.320. The second-order valence-electron chi connectivity index (χ2n) is 5.37. The fourth-order valence-corrected chi connectivity index (χ4v) is 2.39. The van der Waals surface area contributed by atoms with Crippen LogP contribution in [0.25, 0.3) is 0 Å². The number of ether oxygens (including phenoxy) is 2. The smallest absolute Gasteiger partial charge is 0.0911 e. The van der Waals surface area contributed by atoms with Crippen molar-refractivity contribution in [1.29, 1.82) is 5.41 Å². The number of nitrogens with one attached hydrogen (secondary N) is 1. The molecule has 0 heterocycles. The summed E-state index contributed by atoms with van der Waals surface area (Å²) in [6.07, 6.45) is 3.10. The number of amidine groups is 1. The van der Waals surface area contributed by atoms with Gasteiger partial charge in [0.2, 0.25) is 0 Å². The monoisotopic (exact) mass is 271 g/mol. The van der Waals surface area contributed by atoms with Crippen LogP contribution in [0.1, 0.15) is 33.1 Å². The molecular weight excluding hydrogens is 242 g/mol. The molecule has 19 heavy (non-hydrogen) atoms. The molecule has 0 amide bonds. The highest BCUT2D eigenvalue weighted by Crippen LogP contribution is 2.49. The topological polar surface area (TPSA) is 71.6 Å². The minimum Gasteiger partial charge on any atom is -0.388 e. The third-order valence-electron chi connectivity index (χ3n) is 3.59. The van der Waals surface area contributed by atoms with Gasteiger partial charge in [0.1, 0.15) is 0 Å².